The van der Waals surface area contributed by atoms with Crippen LogP contribution in [0.4, 0.5) is 15.4 Å². The minimum Gasteiger partial charge on any atom is -0.465 e. The van der Waals surface area contributed by atoms with Crippen LogP contribution in [-0.2, 0) is 6.54 Å². The first-order valence-electron chi connectivity index (χ1n) is 13.0. The molecular weight excluding hydrogens is 498 g/mol. The Bertz CT molecular complexity index is 1530. The van der Waals surface area contributed by atoms with Crippen LogP contribution in [0.3, 0.4) is 0 Å². The summed E-state index contributed by atoms with van der Waals surface area (Å²) in [5.74, 6) is 2.26. The van der Waals surface area contributed by atoms with Crippen LogP contribution in [0, 0.1) is 5.41 Å². The van der Waals surface area contributed by atoms with Gasteiger partial charge in [0, 0.05) is 55.1 Å². The molecule has 2 amide bonds. The van der Waals surface area contributed by atoms with Crippen molar-refractivity contribution < 1.29 is 19.4 Å². The molecule has 1 aliphatic carbocycles. The zero-order chi connectivity index (χ0) is 27.9. The van der Waals surface area contributed by atoms with Gasteiger partial charge in [-0.05, 0) is 49.4 Å². The number of carbonyl (C=O) groups is 2. The molecule has 11 heteroatoms. The maximum Gasteiger partial charge on any atom is 0.407 e. The molecule has 1 atom stereocenters. The van der Waals surface area contributed by atoms with Gasteiger partial charge in [0.25, 0.3) is 0 Å². The number of fused-ring (bicyclic) bond motifs is 1. The Labute approximate surface area is 226 Å². The number of hydrogen-bond donors (Lipinski definition) is 2. The molecule has 1 aromatic carbocycles. The first-order valence-corrected chi connectivity index (χ1v) is 13.0. The van der Waals surface area contributed by atoms with Gasteiger partial charge in [0.1, 0.15) is 5.75 Å². The summed E-state index contributed by atoms with van der Waals surface area (Å²) in [7, 11) is 1.51. The Balaban J connectivity index is 1.34. The number of amides is 2. The molecule has 2 N–H and O–H groups in total. The van der Waals surface area contributed by atoms with E-state index in [4.69, 9.17) is 4.74 Å². The fourth-order valence-electron chi connectivity index (χ4n) is 4.90. The third-order valence-corrected chi connectivity index (χ3v) is 6.85. The zero-order valence-electron chi connectivity index (χ0n) is 22.8. The lowest BCUT2D eigenvalue weighted by Crippen LogP contribution is -2.38. The molecule has 1 fully saturated rings. The Morgan fingerprint density at radius 1 is 1.21 bits per heavy atom. The van der Waals surface area contributed by atoms with Crippen molar-refractivity contribution in [2.45, 2.75) is 59.0 Å². The van der Waals surface area contributed by atoms with E-state index in [2.05, 4.69) is 20.4 Å². The molecule has 1 saturated carbocycles. The number of rotatable bonds is 7. The minimum atomic E-state index is -1.06. The smallest absolute Gasteiger partial charge is 0.407 e. The average molecular weight is 532 g/mol. The lowest BCUT2D eigenvalue weighted by Gasteiger charge is -2.35. The summed E-state index contributed by atoms with van der Waals surface area (Å²) in [5, 5.41) is 17.8. The molecule has 1 aliphatic rings. The van der Waals surface area contributed by atoms with Crippen LogP contribution in [0.2, 0.25) is 0 Å². The molecule has 3 heterocycles. The predicted molar refractivity (Wildman–Crippen MR) is 146 cm³/mol. The van der Waals surface area contributed by atoms with Crippen molar-refractivity contribution >= 4 is 28.8 Å². The number of nitrogens with zero attached hydrogens (tertiary/aromatic N) is 6. The number of carboxylic acid groups (broad SMARTS) is 1. The third kappa shape index (κ3) is 5.43. The van der Waals surface area contributed by atoms with Crippen LogP contribution >= 0.6 is 0 Å². The largest absolute Gasteiger partial charge is 0.465 e. The van der Waals surface area contributed by atoms with E-state index in [9.17, 15) is 14.7 Å². The van der Waals surface area contributed by atoms with E-state index in [0.717, 1.165) is 17.4 Å². The van der Waals surface area contributed by atoms with Crippen molar-refractivity contribution in [3.63, 3.8) is 0 Å². The molecule has 3 aromatic heterocycles. The number of ether oxygens (including phenoxy) is 1. The van der Waals surface area contributed by atoms with Gasteiger partial charge in [0.2, 0.25) is 5.88 Å². The Hall–Kier alpha value is -4.41. The topological polar surface area (TPSA) is 127 Å². The molecule has 5 rings (SSSR count). The van der Waals surface area contributed by atoms with Crippen molar-refractivity contribution in [1.82, 2.24) is 29.2 Å². The van der Waals surface area contributed by atoms with Gasteiger partial charge in [-0.25, -0.2) is 14.6 Å². The summed E-state index contributed by atoms with van der Waals surface area (Å²) >= 11 is 0. The van der Waals surface area contributed by atoms with Crippen molar-refractivity contribution in [1.29, 1.82) is 0 Å². The van der Waals surface area contributed by atoms with Gasteiger partial charge < -0.3 is 14.7 Å². The number of hydrogen-bond acceptors (Lipinski definition) is 6. The maximum atomic E-state index is 13.1. The van der Waals surface area contributed by atoms with Crippen molar-refractivity contribution in [3.05, 3.63) is 60.3 Å². The number of carbonyl (C=O) groups excluding carboxylic acids is 1. The van der Waals surface area contributed by atoms with Gasteiger partial charge in [-0.3, -0.25) is 14.6 Å². The molecule has 0 radical (unpaired) electrons. The van der Waals surface area contributed by atoms with Crippen molar-refractivity contribution in [3.8, 4) is 11.6 Å². The Morgan fingerprint density at radius 3 is 2.64 bits per heavy atom. The fraction of sp³-hybridized carbons (Fsp3) is 0.393. The van der Waals surface area contributed by atoms with Gasteiger partial charge in [-0.2, -0.15) is 10.1 Å². The van der Waals surface area contributed by atoms with Gasteiger partial charge in [-0.1, -0.05) is 20.8 Å². The van der Waals surface area contributed by atoms with Gasteiger partial charge >= 0.3 is 12.1 Å². The highest BCUT2D eigenvalue weighted by Crippen LogP contribution is 2.41. The van der Waals surface area contributed by atoms with Gasteiger partial charge in [0.05, 0.1) is 11.6 Å². The first-order chi connectivity index (χ1) is 18.5. The number of anilines is 1. The molecule has 11 nitrogen and oxygen atoms in total. The van der Waals surface area contributed by atoms with Crippen LogP contribution in [0.5, 0.6) is 11.6 Å². The van der Waals surface area contributed by atoms with Gasteiger partial charge in [-0.15, -0.1) is 0 Å². The Morgan fingerprint density at radius 2 is 1.97 bits per heavy atom. The van der Waals surface area contributed by atoms with Crippen LogP contribution in [0.25, 0.3) is 10.9 Å². The molecule has 1 unspecified atom stereocenters. The third-order valence-electron chi connectivity index (χ3n) is 6.85. The van der Waals surface area contributed by atoms with E-state index in [1.807, 2.05) is 56.6 Å². The SMILES string of the molecule is CCn1nc(NC(=O)n2ccc3cc(Oc4ccnc(C(N(C)C(=O)O)C(C)(C)C)n4)ccc32)cc1C1CC1. The standard InChI is InChI=1S/C28H33N7O4/c1-6-35-21(17-7-8-17)16-22(32-35)30-26(36)34-14-12-18-15-19(9-10-20(18)34)39-23-11-13-29-25(31-23)24(28(2,3)4)33(5)27(37)38/h9-17,24H,6-8H2,1-5H3,(H,37,38)(H,30,32,36). The highest BCUT2D eigenvalue weighted by atomic mass is 16.5. The second-order valence-corrected chi connectivity index (χ2v) is 10.9. The summed E-state index contributed by atoms with van der Waals surface area (Å²) in [6, 6.07) is 9.95. The van der Waals surface area contributed by atoms with E-state index in [-0.39, 0.29) is 6.03 Å². The van der Waals surface area contributed by atoms with Crippen molar-refractivity contribution in [2.24, 2.45) is 5.41 Å². The van der Waals surface area contributed by atoms with Crippen LogP contribution in [0.1, 0.15) is 64.0 Å². The number of aryl methyl sites for hydroxylation is 1. The molecule has 4 aromatic rings. The number of nitrogens with one attached hydrogen (secondary N) is 1. The number of aromatic nitrogens is 5. The summed E-state index contributed by atoms with van der Waals surface area (Å²) in [6.45, 7) is 8.61. The second-order valence-electron chi connectivity index (χ2n) is 10.9. The first kappa shape index (κ1) is 26.2. The highest BCUT2D eigenvalue weighted by molar-refractivity contribution is 5.98. The highest BCUT2D eigenvalue weighted by Gasteiger charge is 2.35. The van der Waals surface area contributed by atoms with E-state index in [0.29, 0.717) is 29.2 Å². The average Bonchev–Trinajstić information content (AvgIpc) is 3.51. The van der Waals surface area contributed by atoms with Crippen LogP contribution < -0.4 is 10.1 Å². The van der Waals surface area contributed by atoms with E-state index in [1.165, 1.54) is 30.5 Å². The number of benzene rings is 1. The summed E-state index contributed by atoms with van der Waals surface area (Å²) in [4.78, 5) is 34.8. The summed E-state index contributed by atoms with van der Waals surface area (Å²) in [6.07, 6.45) is 4.53. The molecule has 0 aliphatic heterocycles. The second kappa shape index (κ2) is 10.0. The molecule has 0 saturated heterocycles. The molecular formula is C28H33N7O4. The zero-order valence-corrected chi connectivity index (χ0v) is 22.8. The van der Waals surface area contributed by atoms with E-state index < -0.39 is 17.6 Å². The normalized spacial score (nSPS) is 14.3. The predicted octanol–water partition coefficient (Wildman–Crippen LogP) is 6.09. The quantitative estimate of drug-likeness (QED) is 0.295. The molecule has 39 heavy (non-hydrogen) atoms. The summed E-state index contributed by atoms with van der Waals surface area (Å²) in [5.41, 5.74) is 1.45. The lowest BCUT2D eigenvalue weighted by molar-refractivity contribution is 0.0941. The molecule has 0 spiro atoms. The lowest BCUT2D eigenvalue weighted by atomic mass is 9.85. The van der Waals surface area contributed by atoms with Crippen LogP contribution in [0.15, 0.2) is 48.8 Å². The molecule has 204 valence electrons. The molecule has 0 bridgehead atoms. The van der Waals surface area contributed by atoms with Crippen molar-refractivity contribution in [2.75, 3.05) is 12.4 Å². The van der Waals surface area contributed by atoms with Gasteiger partial charge in [0.15, 0.2) is 11.6 Å². The van der Waals surface area contributed by atoms with E-state index in [1.54, 1.807) is 29.1 Å². The fourth-order valence-corrected chi connectivity index (χ4v) is 4.90. The minimum absolute atomic E-state index is 0.294. The van der Waals surface area contributed by atoms with E-state index >= 15 is 0 Å². The Kier molecular flexibility index (Phi) is 6.75. The van der Waals surface area contributed by atoms with Crippen LogP contribution in [-0.4, -0.2) is 53.5 Å². The summed E-state index contributed by atoms with van der Waals surface area (Å²) < 4.78 is 9.50. The maximum absolute atomic E-state index is 13.1. The monoisotopic (exact) mass is 531 g/mol.